The van der Waals surface area contributed by atoms with Gasteiger partial charge in [-0.05, 0) is 32.6 Å². The lowest BCUT2D eigenvalue weighted by atomic mass is 10.1. The minimum absolute atomic E-state index is 0.287. The molecule has 1 saturated carbocycles. The van der Waals surface area contributed by atoms with E-state index in [9.17, 15) is 8.42 Å². The molecule has 0 unspecified atom stereocenters. The summed E-state index contributed by atoms with van der Waals surface area (Å²) in [6.07, 6.45) is 6.22. The Labute approximate surface area is 115 Å². The molecule has 1 N–H and O–H groups in total. The van der Waals surface area contributed by atoms with Gasteiger partial charge < -0.3 is 4.57 Å². The standard InChI is InChI=1S/C13H23N3O2S/c1-11-12(2)16(10-14-11)8-7-15-19(17,18)9-13-5-3-4-6-13/h10,13,15H,3-9H2,1-2H3. The maximum Gasteiger partial charge on any atom is 0.211 e. The lowest BCUT2D eigenvalue weighted by Gasteiger charge is -2.11. The van der Waals surface area contributed by atoms with Gasteiger partial charge in [0.25, 0.3) is 0 Å². The topological polar surface area (TPSA) is 64.0 Å². The van der Waals surface area contributed by atoms with Crippen molar-refractivity contribution in [2.75, 3.05) is 12.3 Å². The van der Waals surface area contributed by atoms with Crippen LogP contribution in [-0.4, -0.2) is 30.3 Å². The van der Waals surface area contributed by atoms with E-state index in [2.05, 4.69) is 9.71 Å². The summed E-state index contributed by atoms with van der Waals surface area (Å²) in [5.74, 6) is 0.643. The molecular weight excluding hydrogens is 262 g/mol. The Morgan fingerprint density at radius 1 is 1.37 bits per heavy atom. The van der Waals surface area contributed by atoms with E-state index in [1.54, 1.807) is 6.33 Å². The third kappa shape index (κ3) is 4.04. The Bertz CT molecular complexity index is 516. The molecule has 1 fully saturated rings. The molecule has 2 rings (SSSR count). The molecule has 1 aromatic rings. The molecule has 1 aromatic heterocycles. The monoisotopic (exact) mass is 285 g/mol. The Morgan fingerprint density at radius 3 is 2.63 bits per heavy atom. The zero-order valence-electron chi connectivity index (χ0n) is 11.7. The first-order valence-electron chi connectivity index (χ1n) is 6.93. The van der Waals surface area contributed by atoms with Gasteiger partial charge in [0.2, 0.25) is 10.0 Å². The highest BCUT2D eigenvalue weighted by atomic mass is 32.2. The predicted molar refractivity (Wildman–Crippen MR) is 75.4 cm³/mol. The van der Waals surface area contributed by atoms with Crippen LogP contribution < -0.4 is 4.72 Å². The van der Waals surface area contributed by atoms with Gasteiger partial charge in [0.15, 0.2) is 0 Å². The number of nitrogens with zero attached hydrogens (tertiary/aromatic N) is 2. The number of rotatable bonds is 6. The van der Waals surface area contributed by atoms with Crippen LogP contribution in [0.1, 0.15) is 37.1 Å². The van der Waals surface area contributed by atoms with Crippen LogP contribution >= 0.6 is 0 Å². The van der Waals surface area contributed by atoms with Crippen LogP contribution in [-0.2, 0) is 16.6 Å². The van der Waals surface area contributed by atoms with E-state index < -0.39 is 10.0 Å². The highest BCUT2D eigenvalue weighted by molar-refractivity contribution is 7.89. The molecule has 19 heavy (non-hydrogen) atoms. The van der Waals surface area contributed by atoms with Gasteiger partial charge in [-0.3, -0.25) is 0 Å². The summed E-state index contributed by atoms with van der Waals surface area (Å²) in [7, 11) is -3.12. The number of hydrogen-bond acceptors (Lipinski definition) is 3. The van der Waals surface area contributed by atoms with Gasteiger partial charge in [-0.2, -0.15) is 0 Å². The van der Waals surface area contributed by atoms with Crippen LogP contribution in [0.4, 0.5) is 0 Å². The molecular formula is C13H23N3O2S. The minimum Gasteiger partial charge on any atom is -0.333 e. The lowest BCUT2D eigenvalue weighted by Crippen LogP contribution is -2.31. The quantitative estimate of drug-likeness (QED) is 0.863. The van der Waals surface area contributed by atoms with Crippen LogP contribution in [0.2, 0.25) is 0 Å². The van der Waals surface area contributed by atoms with E-state index in [0.717, 1.165) is 24.2 Å². The van der Waals surface area contributed by atoms with Gasteiger partial charge in [0, 0.05) is 18.8 Å². The average Bonchev–Trinajstić information content (AvgIpc) is 2.93. The second-order valence-corrected chi connectivity index (χ2v) is 7.29. The number of hydrogen-bond donors (Lipinski definition) is 1. The van der Waals surface area contributed by atoms with Crippen molar-refractivity contribution >= 4 is 10.0 Å². The lowest BCUT2D eigenvalue weighted by molar-refractivity contribution is 0.541. The van der Waals surface area contributed by atoms with Crippen molar-refractivity contribution in [1.29, 1.82) is 0 Å². The Hall–Kier alpha value is -0.880. The molecule has 5 nitrogen and oxygen atoms in total. The Balaban J connectivity index is 1.79. The normalized spacial score (nSPS) is 17.2. The number of nitrogens with one attached hydrogen (secondary N) is 1. The van der Waals surface area contributed by atoms with Crippen molar-refractivity contribution in [2.45, 2.75) is 46.1 Å². The molecule has 0 saturated heterocycles. The summed E-state index contributed by atoms with van der Waals surface area (Å²) in [5.41, 5.74) is 2.09. The predicted octanol–water partition coefficient (Wildman–Crippen LogP) is 1.61. The van der Waals surface area contributed by atoms with Crippen molar-refractivity contribution < 1.29 is 8.42 Å². The number of aromatic nitrogens is 2. The molecule has 0 amide bonds. The summed E-state index contributed by atoms with van der Waals surface area (Å²) in [5, 5.41) is 0. The van der Waals surface area contributed by atoms with E-state index in [0.29, 0.717) is 19.0 Å². The summed E-state index contributed by atoms with van der Waals surface area (Å²) in [4.78, 5) is 4.20. The summed E-state index contributed by atoms with van der Waals surface area (Å²) >= 11 is 0. The number of aryl methyl sites for hydroxylation is 1. The first-order valence-corrected chi connectivity index (χ1v) is 8.59. The van der Waals surface area contributed by atoms with E-state index in [-0.39, 0.29) is 5.75 Å². The second kappa shape index (κ2) is 6.05. The zero-order valence-corrected chi connectivity index (χ0v) is 12.5. The maximum atomic E-state index is 11.9. The maximum absolute atomic E-state index is 11.9. The fraction of sp³-hybridized carbons (Fsp3) is 0.769. The van der Waals surface area contributed by atoms with Gasteiger partial charge >= 0.3 is 0 Å². The van der Waals surface area contributed by atoms with Crippen LogP contribution in [0, 0.1) is 19.8 Å². The third-order valence-electron chi connectivity index (χ3n) is 3.95. The van der Waals surface area contributed by atoms with Crippen LogP contribution in [0.15, 0.2) is 6.33 Å². The van der Waals surface area contributed by atoms with Crippen molar-refractivity contribution in [3.63, 3.8) is 0 Å². The highest BCUT2D eigenvalue weighted by Gasteiger charge is 2.22. The average molecular weight is 285 g/mol. The van der Waals surface area contributed by atoms with Gasteiger partial charge in [-0.25, -0.2) is 18.1 Å². The summed E-state index contributed by atoms with van der Waals surface area (Å²) in [6, 6.07) is 0. The molecule has 0 radical (unpaired) electrons. The molecule has 6 heteroatoms. The van der Waals surface area contributed by atoms with Crippen molar-refractivity contribution in [3.05, 3.63) is 17.7 Å². The zero-order chi connectivity index (χ0) is 13.9. The molecule has 1 aliphatic rings. The molecule has 1 aliphatic carbocycles. The van der Waals surface area contributed by atoms with Crippen LogP contribution in [0.3, 0.4) is 0 Å². The third-order valence-corrected chi connectivity index (χ3v) is 5.50. The minimum atomic E-state index is -3.12. The summed E-state index contributed by atoms with van der Waals surface area (Å²) in [6.45, 7) is 5.02. The highest BCUT2D eigenvalue weighted by Crippen LogP contribution is 2.25. The fourth-order valence-corrected chi connectivity index (χ4v) is 4.11. The van der Waals surface area contributed by atoms with E-state index >= 15 is 0 Å². The van der Waals surface area contributed by atoms with Gasteiger partial charge in [0.1, 0.15) is 0 Å². The van der Waals surface area contributed by atoms with E-state index in [4.69, 9.17) is 0 Å². The number of imidazole rings is 1. The van der Waals surface area contributed by atoms with Gasteiger partial charge in [-0.15, -0.1) is 0 Å². The SMILES string of the molecule is Cc1ncn(CCNS(=O)(=O)CC2CCCC2)c1C. The van der Waals surface area contributed by atoms with Gasteiger partial charge in [0.05, 0.1) is 17.8 Å². The van der Waals surface area contributed by atoms with Crippen molar-refractivity contribution in [3.8, 4) is 0 Å². The smallest absolute Gasteiger partial charge is 0.211 e. The van der Waals surface area contributed by atoms with E-state index in [1.807, 2.05) is 18.4 Å². The first kappa shape index (κ1) is 14.5. The van der Waals surface area contributed by atoms with Crippen LogP contribution in [0.25, 0.3) is 0 Å². The molecule has 0 bridgehead atoms. The van der Waals surface area contributed by atoms with Crippen LogP contribution in [0.5, 0.6) is 0 Å². The molecule has 0 aliphatic heterocycles. The molecule has 0 aromatic carbocycles. The van der Waals surface area contributed by atoms with Crippen molar-refractivity contribution in [1.82, 2.24) is 14.3 Å². The fourth-order valence-electron chi connectivity index (χ4n) is 2.64. The largest absolute Gasteiger partial charge is 0.333 e. The molecule has 0 spiro atoms. The molecule has 108 valence electrons. The molecule has 0 atom stereocenters. The summed E-state index contributed by atoms with van der Waals surface area (Å²) < 4.78 is 28.5. The van der Waals surface area contributed by atoms with Crippen molar-refractivity contribution in [2.24, 2.45) is 5.92 Å². The van der Waals surface area contributed by atoms with Gasteiger partial charge in [-0.1, -0.05) is 12.8 Å². The Kier molecular flexibility index (Phi) is 4.62. The molecule has 1 heterocycles. The van der Waals surface area contributed by atoms with E-state index in [1.165, 1.54) is 12.8 Å². The number of sulfonamides is 1. The first-order chi connectivity index (χ1) is 8.98. The Morgan fingerprint density at radius 2 is 2.05 bits per heavy atom. The second-order valence-electron chi connectivity index (χ2n) is 5.44.